The van der Waals surface area contributed by atoms with E-state index in [1.54, 1.807) is 0 Å². The topological polar surface area (TPSA) is 74.2 Å². The second kappa shape index (κ2) is 12.3. The highest BCUT2D eigenvalue weighted by Gasteiger charge is 2.50. The lowest BCUT2D eigenvalue weighted by Crippen LogP contribution is -2.45. The Morgan fingerprint density at radius 3 is 2.16 bits per heavy atom. The van der Waals surface area contributed by atoms with E-state index in [9.17, 15) is 9.90 Å². The zero-order chi connectivity index (χ0) is 26.0. The van der Waals surface area contributed by atoms with Gasteiger partial charge in [-0.05, 0) is 119 Å². The highest BCUT2D eigenvalue weighted by molar-refractivity contribution is 5.50. The number of ether oxygens (including phenoxy) is 4. The van der Waals surface area contributed by atoms with Crippen molar-refractivity contribution in [1.29, 1.82) is 0 Å². The average molecular weight is 531 g/mol. The standard InChI is InChI=1S/C32H50O6/c33-12-10-25-26(34)18-28(38-30-9-3-6-14-36-30)31(25)27(37-29-8-2-5-13-35-29)7-1-4-11-32-19-22-15-23(20-32)17-24(16-22)21-32/h7,12,22-26,28-31,34H,1-6,8-11,13-21H2/t22?,23?,24?,25-,26-,28+,29?,30?,31-,32?/m1/s1. The number of rotatable bonds is 11. The van der Waals surface area contributed by atoms with Crippen LogP contribution in [0.5, 0.6) is 0 Å². The number of aliphatic hydroxyl groups excluding tert-OH is 1. The summed E-state index contributed by atoms with van der Waals surface area (Å²) in [6.45, 7) is 1.45. The van der Waals surface area contributed by atoms with Crippen LogP contribution in [0, 0.1) is 35.0 Å². The lowest BCUT2D eigenvalue weighted by molar-refractivity contribution is -0.201. The molecule has 6 atom stereocenters. The molecule has 6 nitrogen and oxygen atoms in total. The Morgan fingerprint density at radius 2 is 1.55 bits per heavy atom. The Bertz CT molecular complexity index is 777. The quantitative estimate of drug-likeness (QED) is 0.192. The van der Waals surface area contributed by atoms with Crippen LogP contribution in [-0.4, -0.2) is 49.4 Å². The van der Waals surface area contributed by atoms with Gasteiger partial charge in [-0.1, -0.05) is 0 Å². The van der Waals surface area contributed by atoms with Gasteiger partial charge < -0.3 is 28.8 Å². The maximum atomic E-state index is 11.7. The first-order valence-electron chi connectivity index (χ1n) is 16.0. The van der Waals surface area contributed by atoms with Crippen LogP contribution in [0.2, 0.25) is 0 Å². The first-order valence-corrected chi connectivity index (χ1v) is 16.0. The van der Waals surface area contributed by atoms with E-state index in [0.717, 1.165) is 88.0 Å². The molecule has 0 aromatic carbocycles. The molecular formula is C32H50O6. The van der Waals surface area contributed by atoms with Gasteiger partial charge in [0.15, 0.2) is 12.6 Å². The normalized spacial score (nSPS) is 44.9. The molecule has 2 aliphatic heterocycles. The molecule has 2 unspecified atom stereocenters. The van der Waals surface area contributed by atoms with Gasteiger partial charge in [0.2, 0.25) is 0 Å². The molecule has 5 saturated carbocycles. The summed E-state index contributed by atoms with van der Waals surface area (Å²) in [5.41, 5.74) is 0.587. The van der Waals surface area contributed by atoms with Crippen LogP contribution in [0.25, 0.3) is 0 Å². The first kappa shape index (κ1) is 27.2. The van der Waals surface area contributed by atoms with Crippen molar-refractivity contribution < 1.29 is 28.8 Å². The SMILES string of the molecule is O=CC[C@H]1[C@H](C(=CCCCC23CC4CC(CC(C4)C2)C3)OC2CCCCO2)[C@@H](OC2CCCCO2)C[C@H]1O. The molecule has 0 spiro atoms. The van der Waals surface area contributed by atoms with Crippen LogP contribution >= 0.6 is 0 Å². The van der Waals surface area contributed by atoms with Crippen molar-refractivity contribution in [1.82, 2.24) is 0 Å². The predicted molar refractivity (Wildman–Crippen MR) is 144 cm³/mol. The van der Waals surface area contributed by atoms with Crippen molar-refractivity contribution in [3.8, 4) is 0 Å². The second-order valence-corrected chi connectivity index (χ2v) is 13.7. The molecule has 0 aromatic rings. The molecule has 2 saturated heterocycles. The van der Waals surface area contributed by atoms with E-state index >= 15 is 0 Å². The molecule has 0 aromatic heterocycles. The number of allylic oxidation sites excluding steroid dienone is 1. The fourth-order valence-corrected chi connectivity index (χ4v) is 9.57. The van der Waals surface area contributed by atoms with E-state index in [4.69, 9.17) is 18.9 Å². The molecule has 0 radical (unpaired) electrons. The first-order chi connectivity index (χ1) is 18.6. The highest BCUT2D eigenvalue weighted by Crippen LogP contribution is 2.61. The summed E-state index contributed by atoms with van der Waals surface area (Å²) in [5.74, 6) is 3.51. The number of carbonyl (C=O) groups excluding carboxylic acids is 1. The van der Waals surface area contributed by atoms with E-state index in [1.807, 2.05) is 0 Å². The number of aldehydes is 1. The number of hydrogen-bond acceptors (Lipinski definition) is 6. The largest absolute Gasteiger partial charge is 0.469 e. The summed E-state index contributed by atoms with van der Waals surface area (Å²) < 4.78 is 25.0. The zero-order valence-corrected chi connectivity index (χ0v) is 23.3. The summed E-state index contributed by atoms with van der Waals surface area (Å²) in [5, 5.41) is 11.0. The van der Waals surface area contributed by atoms with Crippen molar-refractivity contribution in [2.45, 2.75) is 134 Å². The Morgan fingerprint density at radius 1 is 0.895 bits per heavy atom. The third-order valence-electron chi connectivity index (χ3n) is 10.8. The number of hydrogen-bond donors (Lipinski definition) is 1. The van der Waals surface area contributed by atoms with E-state index in [2.05, 4.69) is 6.08 Å². The molecule has 5 aliphatic carbocycles. The van der Waals surface area contributed by atoms with E-state index in [-0.39, 0.29) is 30.5 Å². The summed E-state index contributed by atoms with van der Waals surface area (Å²) in [6.07, 6.45) is 21.2. The summed E-state index contributed by atoms with van der Waals surface area (Å²) in [7, 11) is 0. The summed E-state index contributed by atoms with van der Waals surface area (Å²) in [6, 6.07) is 0. The van der Waals surface area contributed by atoms with Gasteiger partial charge in [0.05, 0.1) is 18.8 Å². The van der Waals surface area contributed by atoms with Crippen LogP contribution in [0.3, 0.4) is 0 Å². The molecule has 214 valence electrons. The minimum Gasteiger partial charge on any atom is -0.469 e. The molecule has 1 N–H and O–H groups in total. The van der Waals surface area contributed by atoms with Gasteiger partial charge in [0.25, 0.3) is 0 Å². The molecule has 7 aliphatic rings. The van der Waals surface area contributed by atoms with Crippen LogP contribution in [-0.2, 0) is 23.7 Å². The molecular weight excluding hydrogens is 480 g/mol. The van der Waals surface area contributed by atoms with Crippen molar-refractivity contribution in [2.75, 3.05) is 13.2 Å². The lowest BCUT2D eigenvalue weighted by atomic mass is 9.48. The molecule has 0 amide bonds. The monoisotopic (exact) mass is 530 g/mol. The minimum atomic E-state index is -0.579. The van der Waals surface area contributed by atoms with Gasteiger partial charge in [-0.3, -0.25) is 0 Å². The zero-order valence-electron chi connectivity index (χ0n) is 23.3. The molecule has 38 heavy (non-hydrogen) atoms. The Kier molecular flexibility index (Phi) is 8.80. The summed E-state index contributed by atoms with van der Waals surface area (Å²) in [4.78, 5) is 11.7. The molecule has 6 heteroatoms. The molecule has 2 heterocycles. The number of unbranched alkanes of at least 4 members (excludes halogenated alkanes) is 1. The molecule has 7 rings (SSSR count). The van der Waals surface area contributed by atoms with Crippen molar-refractivity contribution in [3.63, 3.8) is 0 Å². The Hall–Kier alpha value is -0.950. The lowest BCUT2D eigenvalue weighted by Gasteiger charge is -2.57. The van der Waals surface area contributed by atoms with E-state index in [0.29, 0.717) is 18.3 Å². The van der Waals surface area contributed by atoms with Gasteiger partial charge in [-0.15, -0.1) is 0 Å². The van der Waals surface area contributed by atoms with Crippen LogP contribution in [0.1, 0.15) is 109 Å². The van der Waals surface area contributed by atoms with Crippen LogP contribution in [0.15, 0.2) is 11.8 Å². The predicted octanol–water partition coefficient (Wildman–Crippen LogP) is 6.30. The Labute approximate surface area is 229 Å². The van der Waals surface area contributed by atoms with E-state index in [1.165, 1.54) is 51.4 Å². The second-order valence-electron chi connectivity index (χ2n) is 13.7. The van der Waals surface area contributed by atoms with Gasteiger partial charge >= 0.3 is 0 Å². The fourth-order valence-electron chi connectivity index (χ4n) is 9.57. The third kappa shape index (κ3) is 6.19. The highest BCUT2D eigenvalue weighted by atomic mass is 16.7. The number of aliphatic hydroxyl groups is 1. The fraction of sp³-hybridized carbons (Fsp3) is 0.906. The van der Waals surface area contributed by atoms with Crippen molar-refractivity contribution in [2.24, 2.45) is 35.0 Å². The molecule has 7 fully saturated rings. The van der Waals surface area contributed by atoms with Gasteiger partial charge in [-0.25, -0.2) is 0 Å². The Balaban J connectivity index is 1.17. The smallest absolute Gasteiger partial charge is 0.199 e. The van der Waals surface area contributed by atoms with Crippen LogP contribution in [0.4, 0.5) is 0 Å². The maximum absolute atomic E-state index is 11.7. The summed E-state index contributed by atoms with van der Waals surface area (Å²) >= 11 is 0. The number of carbonyl (C=O) groups is 1. The van der Waals surface area contributed by atoms with Crippen molar-refractivity contribution in [3.05, 3.63) is 11.8 Å². The van der Waals surface area contributed by atoms with Gasteiger partial charge in [0, 0.05) is 37.7 Å². The molecule has 4 bridgehead atoms. The van der Waals surface area contributed by atoms with Gasteiger partial charge in [0.1, 0.15) is 12.0 Å². The third-order valence-corrected chi connectivity index (χ3v) is 10.8. The maximum Gasteiger partial charge on any atom is 0.199 e. The average Bonchev–Trinajstić information content (AvgIpc) is 3.20. The van der Waals surface area contributed by atoms with Gasteiger partial charge in [-0.2, -0.15) is 0 Å². The van der Waals surface area contributed by atoms with Crippen molar-refractivity contribution >= 4 is 6.29 Å². The van der Waals surface area contributed by atoms with Crippen LogP contribution < -0.4 is 0 Å². The minimum absolute atomic E-state index is 0.147. The van der Waals surface area contributed by atoms with E-state index < -0.39 is 6.10 Å².